The lowest BCUT2D eigenvalue weighted by Crippen LogP contribution is -2.52. The van der Waals surface area contributed by atoms with Crippen LogP contribution in [0.2, 0.25) is 0 Å². The van der Waals surface area contributed by atoms with Crippen LogP contribution in [0.5, 0.6) is 0 Å². The van der Waals surface area contributed by atoms with E-state index in [4.69, 9.17) is 0 Å². The Morgan fingerprint density at radius 3 is 2.32 bits per heavy atom. The minimum Gasteiger partial charge on any atom is -0.362 e. The van der Waals surface area contributed by atoms with Crippen LogP contribution in [0.4, 0.5) is 5.69 Å². The topological polar surface area (TPSA) is 15.3 Å². The molecule has 1 N–H and O–H groups in total. The van der Waals surface area contributed by atoms with E-state index < -0.39 is 0 Å². The van der Waals surface area contributed by atoms with Crippen molar-refractivity contribution in [3.8, 4) is 0 Å². The molecule has 2 heteroatoms. The molecule has 0 radical (unpaired) electrons. The molecule has 2 nitrogen and oxygen atoms in total. The van der Waals surface area contributed by atoms with Crippen LogP contribution < -0.4 is 10.2 Å². The number of rotatable bonds is 1. The van der Waals surface area contributed by atoms with Gasteiger partial charge >= 0.3 is 0 Å². The van der Waals surface area contributed by atoms with Crippen LogP contribution in [0.15, 0.2) is 12.1 Å². The molecule has 1 aromatic carbocycles. The number of anilines is 1. The predicted molar refractivity (Wildman–Crippen MR) is 84.2 cm³/mol. The molecule has 106 valence electrons. The fraction of sp³-hybridized carbons (Fsp3) is 0.647. The van der Waals surface area contributed by atoms with Gasteiger partial charge in [-0.3, -0.25) is 0 Å². The molecule has 1 unspecified atom stereocenters. The van der Waals surface area contributed by atoms with Crippen molar-refractivity contribution in [2.24, 2.45) is 0 Å². The Labute approximate surface area is 118 Å². The Morgan fingerprint density at radius 1 is 1.16 bits per heavy atom. The number of hydrogen-bond donors (Lipinski definition) is 1. The van der Waals surface area contributed by atoms with Crippen LogP contribution in [0.3, 0.4) is 0 Å². The van der Waals surface area contributed by atoms with Gasteiger partial charge in [-0.1, -0.05) is 17.7 Å². The molecule has 0 aliphatic carbocycles. The quantitative estimate of drug-likeness (QED) is 0.830. The second-order valence-corrected chi connectivity index (χ2v) is 6.74. The summed E-state index contributed by atoms with van der Waals surface area (Å²) in [6.45, 7) is 15.9. The zero-order valence-corrected chi connectivity index (χ0v) is 13.3. The summed E-state index contributed by atoms with van der Waals surface area (Å²) >= 11 is 0. The van der Waals surface area contributed by atoms with E-state index in [1.807, 2.05) is 0 Å². The van der Waals surface area contributed by atoms with Gasteiger partial charge in [-0.05, 0) is 65.6 Å². The number of nitrogens with one attached hydrogen (secondary N) is 1. The van der Waals surface area contributed by atoms with E-state index in [2.05, 4.69) is 63.9 Å². The van der Waals surface area contributed by atoms with Crippen molar-refractivity contribution < 1.29 is 0 Å². The lowest BCUT2D eigenvalue weighted by Gasteiger charge is -2.44. The molecule has 0 aromatic heterocycles. The molecule has 0 bridgehead atoms. The van der Waals surface area contributed by atoms with Crippen LogP contribution in [0.25, 0.3) is 0 Å². The summed E-state index contributed by atoms with van der Waals surface area (Å²) in [5.74, 6) is 0. The average Bonchev–Trinajstić information content (AvgIpc) is 2.39. The molecule has 1 heterocycles. The van der Waals surface area contributed by atoms with Crippen LogP contribution in [-0.2, 0) is 0 Å². The molecule has 1 aliphatic rings. The smallest absolute Gasteiger partial charge is 0.0473 e. The lowest BCUT2D eigenvalue weighted by atomic mass is 9.95. The van der Waals surface area contributed by atoms with Crippen LogP contribution in [-0.4, -0.2) is 24.7 Å². The SMILES string of the molecule is Cc1cc(C)c(N2C(C)CCNCC2(C)C)c(C)c1. The highest BCUT2D eigenvalue weighted by Crippen LogP contribution is 2.34. The predicted octanol–water partition coefficient (Wildman–Crippen LogP) is 3.58. The highest BCUT2D eigenvalue weighted by Gasteiger charge is 2.34. The second kappa shape index (κ2) is 5.16. The maximum Gasteiger partial charge on any atom is 0.0473 e. The number of nitrogens with zero attached hydrogens (tertiary/aromatic N) is 1. The van der Waals surface area contributed by atoms with Crippen LogP contribution in [0, 0.1) is 20.8 Å². The third-order valence-electron chi connectivity index (χ3n) is 4.27. The third kappa shape index (κ3) is 2.79. The fourth-order valence-electron chi connectivity index (χ4n) is 3.59. The zero-order valence-electron chi connectivity index (χ0n) is 13.3. The highest BCUT2D eigenvalue weighted by atomic mass is 15.3. The molecule has 0 spiro atoms. The van der Waals surface area contributed by atoms with Gasteiger partial charge in [0.15, 0.2) is 0 Å². The summed E-state index contributed by atoms with van der Waals surface area (Å²) in [4.78, 5) is 2.64. The molecular weight excluding hydrogens is 232 g/mol. The van der Waals surface area contributed by atoms with Crippen molar-refractivity contribution in [1.29, 1.82) is 0 Å². The maximum absolute atomic E-state index is 3.58. The molecule has 1 aliphatic heterocycles. The van der Waals surface area contributed by atoms with Gasteiger partial charge in [0.1, 0.15) is 0 Å². The zero-order chi connectivity index (χ0) is 14.2. The Bertz CT molecular complexity index is 439. The van der Waals surface area contributed by atoms with Crippen molar-refractivity contribution in [1.82, 2.24) is 5.32 Å². The monoisotopic (exact) mass is 260 g/mol. The van der Waals surface area contributed by atoms with E-state index in [-0.39, 0.29) is 5.54 Å². The number of benzene rings is 1. The van der Waals surface area contributed by atoms with Gasteiger partial charge in [-0.2, -0.15) is 0 Å². The molecule has 1 saturated heterocycles. The van der Waals surface area contributed by atoms with E-state index >= 15 is 0 Å². The summed E-state index contributed by atoms with van der Waals surface area (Å²) in [6.07, 6.45) is 1.20. The first-order chi connectivity index (χ1) is 8.83. The summed E-state index contributed by atoms with van der Waals surface area (Å²) < 4.78 is 0. The first kappa shape index (κ1) is 14.4. The van der Waals surface area contributed by atoms with Crippen LogP contribution >= 0.6 is 0 Å². The van der Waals surface area contributed by atoms with Gasteiger partial charge in [0.05, 0.1) is 0 Å². The molecule has 2 rings (SSSR count). The summed E-state index contributed by atoms with van der Waals surface area (Å²) in [5, 5.41) is 3.58. The van der Waals surface area contributed by atoms with Gasteiger partial charge in [0, 0.05) is 23.8 Å². The Balaban J connectivity index is 2.53. The minimum atomic E-state index is 0.153. The van der Waals surface area contributed by atoms with Gasteiger partial charge in [0.25, 0.3) is 0 Å². The first-order valence-corrected chi connectivity index (χ1v) is 7.41. The average molecular weight is 260 g/mol. The van der Waals surface area contributed by atoms with Crippen molar-refractivity contribution in [3.05, 3.63) is 28.8 Å². The van der Waals surface area contributed by atoms with Crippen LogP contribution in [0.1, 0.15) is 43.9 Å². The summed E-state index contributed by atoms with van der Waals surface area (Å²) in [6, 6.07) is 5.19. The normalized spacial score (nSPS) is 23.3. The molecule has 1 fully saturated rings. The van der Waals surface area contributed by atoms with Gasteiger partial charge in [-0.15, -0.1) is 0 Å². The van der Waals surface area contributed by atoms with E-state index in [1.54, 1.807) is 0 Å². The molecule has 1 atom stereocenters. The highest BCUT2D eigenvalue weighted by molar-refractivity contribution is 5.62. The summed E-state index contributed by atoms with van der Waals surface area (Å²) in [7, 11) is 0. The molecule has 1 aromatic rings. The third-order valence-corrected chi connectivity index (χ3v) is 4.27. The molecular formula is C17H28N2. The Hall–Kier alpha value is -1.02. The van der Waals surface area contributed by atoms with Gasteiger partial charge < -0.3 is 10.2 Å². The minimum absolute atomic E-state index is 0.153. The maximum atomic E-state index is 3.58. The Morgan fingerprint density at radius 2 is 1.74 bits per heavy atom. The Kier molecular flexibility index (Phi) is 3.91. The second-order valence-electron chi connectivity index (χ2n) is 6.74. The van der Waals surface area contributed by atoms with Crippen molar-refractivity contribution >= 4 is 5.69 Å². The van der Waals surface area contributed by atoms with Gasteiger partial charge in [0.2, 0.25) is 0 Å². The number of hydrogen-bond acceptors (Lipinski definition) is 2. The summed E-state index contributed by atoms with van der Waals surface area (Å²) in [5.41, 5.74) is 5.75. The van der Waals surface area contributed by atoms with Crippen molar-refractivity contribution in [2.45, 2.75) is 59.5 Å². The molecule has 0 amide bonds. The molecule has 19 heavy (non-hydrogen) atoms. The molecule has 0 saturated carbocycles. The fourth-order valence-corrected chi connectivity index (χ4v) is 3.59. The lowest BCUT2D eigenvalue weighted by molar-refractivity contribution is 0.431. The first-order valence-electron chi connectivity index (χ1n) is 7.41. The van der Waals surface area contributed by atoms with Crippen molar-refractivity contribution in [2.75, 3.05) is 18.0 Å². The van der Waals surface area contributed by atoms with E-state index in [0.29, 0.717) is 6.04 Å². The largest absolute Gasteiger partial charge is 0.362 e. The van der Waals surface area contributed by atoms with E-state index in [0.717, 1.165) is 13.1 Å². The standard InChI is InChI=1S/C17H28N2/c1-12-9-13(2)16(14(3)10-12)19-15(4)7-8-18-11-17(19,5)6/h9-10,15,18H,7-8,11H2,1-6H3. The van der Waals surface area contributed by atoms with E-state index in [9.17, 15) is 0 Å². The number of aryl methyl sites for hydroxylation is 3. The van der Waals surface area contributed by atoms with Gasteiger partial charge in [-0.25, -0.2) is 0 Å². The van der Waals surface area contributed by atoms with Crippen molar-refractivity contribution in [3.63, 3.8) is 0 Å². The van der Waals surface area contributed by atoms with E-state index in [1.165, 1.54) is 28.8 Å².